The highest BCUT2D eigenvalue weighted by Gasteiger charge is 2.34. The van der Waals surface area contributed by atoms with Gasteiger partial charge in [-0.2, -0.15) is 13.9 Å². The Morgan fingerprint density at radius 3 is 2.33 bits per heavy atom. The summed E-state index contributed by atoms with van der Waals surface area (Å²) >= 11 is 7.70. The molecule has 0 spiro atoms. The van der Waals surface area contributed by atoms with Gasteiger partial charge in [0.1, 0.15) is 5.01 Å². The minimum atomic E-state index is -2.74. The fourth-order valence-corrected chi connectivity index (χ4v) is 8.45. The first-order valence-electron chi connectivity index (χ1n) is 16.5. The molecule has 11 heteroatoms. The molecular formula is C37H39ClF2N4O3S. The van der Waals surface area contributed by atoms with Crippen LogP contribution < -0.4 is 0 Å². The van der Waals surface area contributed by atoms with E-state index in [-0.39, 0.29) is 5.92 Å². The molecule has 252 valence electrons. The van der Waals surface area contributed by atoms with Crippen molar-refractivity contribution in [3.05, 3.63) is 70.4 Å². The highest BCUT2D eigenvalue weighted by atomic mass is 35.5. The highest BCUT2D eigenvalue weighted by Crippen LogP contribution is 2.45. The maximum atomic E-state index is 14.2. The second-order valence-electron chi connectivity index (χ2n) is 14.0. The van der Waals surface area contributed by atoms with Crippen LogP contribution in [0.2, 0.25) is 5.02 Å². The van der Waals surface area contributed by atoms with Crippen LogP contribution in [0.25, 0.3) is 42.8 Å². The van der Waals surface area contributed by atoms with Gasteiger partial charge in [0.05, 0.1) is 27.0 Å². The fourth-order valence-electron chi connectivity index (χ4n) is 7.20. The van der Waals surface area contributed by atoms with Crippen LogP contribution in [0.5, 0.6) is 0 Å². The minimum Gasteiger partial charge on any atom is -0.479 e. The maximum Gasteiger partial charge on any atom is 0.337 e. The molecule has 0 bridgehead atoms. The number of hydrogen-bond acceptors (Lipinski definition) is 6. The lowest BCUT2D eigenvalue weighted by atomic mass is 9.86. The number of aryl methyl sites for hydroxylation is 1. The molecule has 2 fully saturated rings. The number of fused-ring (bicyclic) bond motifs is 2. The number of benzene rings is 3. The Morgan fingerprint density at radius 1 is 1.04 bits per heavy atom. The number of hydrogen-bond donors (Lipinski definition) is 1. The van der Waals surface area contributed by atoms with Crippen LogP contribution in [-0.4, -0.2) is 55.5 Å². The van der Waals surface area contributed by atoms with Crippen molar-refractivity contribution in [1.29, 1.82) is 0 Å². The zero-order valence-electron chi connectivity index (χ0n) is 27.5. The zero-order chi connectivity index (χ0) is 33.9. The van der Waals surface area contributed by atoms with Crippen molar-refractivity contribution in [2.45, 2.75) is 90.0 Å². The van der Waals surface area contributed by atoms with E-state index in [4.69, 9.17) is 21.3 Å². The summed E-state index contributed by atoms with van der Waals surface area (Å²) in [5.41, 5.74) is 4.76. The average Bonchev–Trinajstić information content (AvgIpc) is 3.60. The van der Waals surface area contributed by atoms with Gasteiger partial charge in [0.25, 0.3) is 0 Å². The van der Waals surface area contributed by atoms with Gasteiger partial charge in [-0.15, -0.1) is 11.3 Å². The Labute approximate surface area is 287 Å². The number of aliphatic carboxylic acids is 1. The second kappa shape index (κ2) is 12.8. The Kier molecular flexibility index (Phi) is 8.81. The van der Waals surface area contributed by atoms with Crippen LogP contribution in [0.15, 0.2) is 48.5 Å². The van der Waals surface area contributed by atoms with E-state index in [9.17, 15) is 18.7 Å². The average molecular weight is 693 g/mol. The lowest BCUT2D eigenvalue weighted by Crippen LogP contribution is -2.44. The Bertz CT molecular complexity index is 1990. The Balaban J connectivity index is 1.35. The Morgan fingerprint density at radius 2 is 1.73 bits per heavy atom. The molecule has 3 aromatic carbocycles. The molecule has 1 aliphatic carbocycles. The van der Waals surface area contributed by atoms with Crippen LogP contribution in [0.3, 0.4) is 0 Å². The third kappa shape index (κ3) is 6.24. The van der Waals surface area contributed by atoms with E-state index in [1.165, 1.54) is 30.6 Å². The van der Waals surface area contributed by atoms with E-state index < -0.39 is 24.2 Å². The maximum absolute atomic E-state index is 14.2. The van der Waals surface area contributed by atoms with E-state index >= 15 is 0 Å². The van der Waals surface area contributed by atoms with Gasteiger partial charge in [-0.1, -0.05) is 30.2 Å². The molecule has 7 rings (SSSR count). The molecule has 0 amide bonds. The number of alkyl halides is 2. The molecule has 2 aliphatic rings. The first kappa shape index (κ1) is 33.1. The number of likely N-dealkylation sites (tertiary alicyclic amines) is 1. The summed E-state index contributed by atoms with van der Waals surface area (Å²) in [7, 11) is 0. The molecular weight excluding hydrogens is 654 g/mol. The van der Waals surface area contributed by atoms with Gasteiger partial charge in [-0.05, 0) is 114 Å². The zero-order valence-corrected chi connectivity index (χ0v) is 29.0. The van der Waals surface area contributed by atoms with Crippen molar-refractivity contribution in [3.8, 4) is 21.7 Å². The largest absolute Gasteiger partial charge is 0.479 e. The fraction of sp³-hybridized carbons (Fsp3) is 0.432. The summed E-state index contributed by atoms with van der Waals surface area (Å²) in [5, 5.41) is 16.9. The molecule has 48 heavy (non-hydrogen) atoms. The van der Waals surface area contributed by atoms with Gasteiger partial charge in [-0.3, -0.25) is 0 Å². The van der Waals surface area contributed by atoms with E-state index in [1.54, 1.807) is 18.2 Å². The molecule has 5 aromatic rings. The van der Waals surface area contributed by atoms with Crippen molar-refractivity contribution < 1.29 is 23.4 Å². The van der Waals surface area contributed by atoms with Crippen LogP contribution in [-0.2, 0) is 9.53 Å². The second-order valence-corrected chi connectivity index (χ2v) is 15.5. The normalized spacial score (nSPS) is 17.4. The predicted octanol–water partition coefficient (Wildman–Crippen LogP) is 10.0. The van der Waals surface area contributed by atoms with Crippen molar-refractivity contribution >= 4 is 50.0 Å². The van der Waals surface area contributed by atoms with E-state index in [1.807, 2.05) is 58.0 Å². The third-order valence-corrected chi connectivity index (χ3v) is 11.1. The summed E-state index contributed by atoms with van der Waals surface area (Å²) in [6, 6.07) is 15.4. The highest BCUT2D eigenvalue weighted by molar-refractivity contribution is 7.22. The molecule has 1 saturated heterocycles. The summed E-state index contributed by atoms with van der Waals surface area (Å²) in [6.07, 6.45) is 4.35. The predicted molar refractivity (Wildman–Crippen MR) is 187 cm³/mol. The van der Waals surface area contributed by atoms with Crippen molar-refractivity contribution in [3.63, 3.8) is 0 Å². The monoisotopic (exact) mass is 692 g/mol. The van der Waals surface area contributed by atoms with Gasteiger partial charge < -0.3 is 14.7 Å². The molecule has 2 aromatic heterocycles. The smallest absolute Gasteiger partial charge is 0.337 e. The first-order valence-corrected chi connectivity index (χ1v) is 17.7. The number of carboxylic acid groups (broad SMARTS) is 1. The van der Waals surface area contributed by atoms with Gasteiger partial charge in [0.15, 0.2) is 6.10 Å². The summed E-state index contributed by atoms with van der Waals surface area (Å²) in [4.78, 5) is 20.3. The number of aromatic nitrogens is 3. The minimum absolute atomic E-state index is 0.104. The number of carbonyl (C=O) groups is 1. The Hall–Kier alpha value is -3.44. The van der Waals surface area contributed by atoms with Crippen LogP contribution in [0.4, 0.5) is 8.78 Å². The summed E-state index contributed by atoms with van der Waals surface area (Å²) in [6.45, 7) is 6.56. The number of nitrogens with zero attached hydrogens (tertiary/aromatic N) is 4. The van der Waals surface area contributed by atoms with Gasteiger partial charge in [0.2, 0.25) is 0 Å². The topological polar surface area (TPSA) is 80.5 Å². The third-order valence-electron chi connectivity index (χ3n) is 9.69. The van der Waals surface area contributed by atoms with Crippen molar-refractivity contribution in [2.24, 2.45) is 0 Å². The quantitative estimate of drug-likeness (QED) is 0.174. The molecule has 1 saturated carbocycles. The van der Waals surface area contributed by atoms with E-state index in [0.717, 1.165) is 68.6 Å². The van der Waals surface area contributed by atoms with Crippen molar-refractivity contribution in [1.82, 2.24) is 19.7 Å². The molecule has 1 aliphatic heterocycles. The van der Waals surface area contributed by atoms with Crippen LogP contribution >= 0.6 is 22.9 Å². The van der Waals surface area contributed by atoms with Gasteiger partial charge in [0, 0.05) is 39.1 Å². The standard InChI is InChI=1S/C37H39ClF2N4O3S/c1-20-18-27-33(30(21-8-11-24(38)12-9-21)29(20)32(35(45)46)47-37(2,3)4)48-34(41-27)23-10-13-28-26(19-23)31(42-44(28)36(39)40)22-14-16-43(17-15-22)25-6-5-7-25/h8-13,18-19,22,25,32,36H,5-7,14-17H2,1-4H3,(H,45,46)/t32-/m0/s1. The van der Waals surface area contributed by atoms with Crippen molar-refractivity contribution in [2.75, 3.05) is 13.1 Å². The SMILES string of the molecule is Cc1cc2nc(-c3ccc4c(c3)c(C3CCN(C5CCC5)CC3)nn4C(F)F)sc2c(-c2ccc(Cl)cc2)c1[C@H](OC(C)(C)C)C(=O)O. The molecule has 1 N–H and O–H groups in total. The van der Waals surface area contributed by atoms with Crippen LogP contribution in [0.1, 0.15) is 88.3 Å². The molecule has 3 heterocycles. The number of rotatable bonds is 8. The molecule has 0 radical (unpaired) electrons. The van der Waals surface area contributed by atoms with E-state index in [0.29, 0.717) is 32.7 Å². The lowest BCUT2D eigenvalue weighted by molar-refractivity contribution is -0.160. The number of ether oxygens (including phenoxy) is 1. The number of piperidine rings is 1. The molecule has 0 unspecified atom stereocenters. The molecule has 1 atom stereocenters. The van der Waals surface area contributed by atoms with Crippen LogP contribution in [0, 0.1) is 6.92 Å². The number of carboxylic acids is 1. The number of thiazole rings is 1. The summed E-state index contributed by atoms with van der Waals surface area (Å²) < 4.78 is 36.2. The van der Waals surface area contributed by atoms with E-state index in [2.05, 4.69) is 10.00 Å². The molecule has 7 nitrogen and oxygen atoms in total. The lowest BCUT2D eigenvalue weighted by Gasteiger charge is -2.41. The number of halogens is 3. The van der Waals surface area contributed by atoms with Gasteiger partial charge >= 0.3 is 12.5 Å². The van der Waals surface area contributed by atoms with Gasteiger partial charge in [-0.25, -0.2) is 14.5 Å². The first-order chi connectivity index (χ1) is 22.9. The summed E-state index contributed by atoms with van der Waals surface area (Å²) in [5.74, 6) is -0.980.